The smallest absolute Gasteiger partial charge is 0.228 e. The summed E-state index contributed by atoms with van der Waals surface area (Å²) < 4.78 is 17.0. The largest absolute Gasteiger partial charge is 0.493 e. The van der Waals surface area contributed by atoms with Gasteiger partial charge in [0.15, 0.2) is 11.5 Å². The number of thiazole rings is 1. The van der Waals surface area contributed by atoms with Gasteiger partial charge in [0, 0.05) is 5.69 Å². The molecule has 0 atom stereocenters. The predicted octanol–water partition coefficient (Wildman–Crippen LogP) is 3.50. The van der Waals surface area contributed by atoms with Crippen molar-refractivity contribution in [2.45, 2.75) is 6.42 Å². The van der Waals surface area contributed by atoms with Crippen molar-refractivity contribution >= 4 is 33.1 Å². The Bertz CT molecular complexity index is 882. The second-order valence-corrected chi connectivity index (χ2v) is 6.18. The predicted molar refractivity (Wildman–Crippen MR) is 98.1 cm³/mol. The number of benzene rings is 2. The van der Waals surface area contributed by atoms with Crippen LogP contribution in [0.2, 0.25) is 0 Å². The quantitative estimate of drug-likeness (QED) is 0.730. The molecule has 0 saturated carbocycles. The second kappa shape index (κ2) is 7.40. The summed E-state index contributed by atoms with van der Waals surface area (Å²) in [6, 6.07) is 9.21. The van der Waals surface area contributed by atoms with Gasteiger partial charge < -0.3 is 19.5 Å². The molecular formula is C18H18N2O4S. The number of fused-ring (bicyclic) bond motifs is 1. The van der Waals surface area contributed by atoms with Crippen LogP contribution in [0.25, 0.3) is 10.2 Å². The molecule has 25 heavy (non-hydrogen) atoms. The molecular weight excluding hydrogens is 340 g/mol. The monoisotopic (exact) mass is 358 g/mol. The van der Waals surface area contributed by atoms with Crippen LogP contribution < -0.4 is 19.5 Å². The third-order valence-electron chi connectivity index (χ3n) is 3.70. The van der Waals surface area contributed by atoms with Crippen LogP contribution in [-0.2, 0) is 11.2 Å². The Hall–Kier alpha value is -2.80. The zero-order chi connectivity index (χ0) is 17.8. The maximum absolute atomic E-state index is 12.4. The van der Waals surface area contributed by atoms with Crippen molar-refractivity contribution < 1.29 is 19.0 Å². The van der Waals surface area contributed by atoms with E-state index in [1.54, 1.807) is 50.3 Å². The molecule has 0 bridgehead atoms. The molecule has 0 spiro atoms. The van der Waals surface area contributed by atoms with Crippen molar-refractivity contribution in [3.8, 4) is 17.2 Å². The maximum Gasteiger partial charge on any atom is 0.228 e. The summed E-state index contributed by atoms with van der Waals surface area (Å²) >= 11 is 1.57. The molecule has 0 aliphatic heterocycles. The Morgan fingerprint density at radius 3 is 2.44 bits per heavy atom. The molecule has 1 heterocycles. The van der Waals surface area contributed by atoms with E-state index >= 15 is 0 Å². The average Bonchev–Trinajstić information content (AvgIpc) is 3.08. The molecule has 7 heteroatoms. The summed E-state index contributed by atoms with van der Waals surface area (Å²) in [6.45, 7) is 0. The summed E-state index contributed by atoms with van der Waals surface area (Å²) in [7, 11) is 4.63. The number of amides is 1. The lowest BCUT2D eigenvalue weighted by Crippen LogP contribution is -2.14. The zero-order valence-corrected chi connectivity index (χ0v) is 15.0. The number of rotatable bonds is 6. The van der Waals surface area contributed by atoms with Gasteiger partial charge in [-0.2, -0.15) is 0 Å². The minimum Gasteiger partial charge on any atom is -0.493 e. The Morgan fingerprint density at radius 1 is 1.08 bits per heavy atom. The van der Waals surface area contributed by atoms with Gasteiger partial charge in [-0.05, 0) is 35.9 Å². The van der Waals surface area contributed by atoms with Crippen LogP contribution in [0.3, 0.4) is 0 Å². The molecule has 2 aromatic carbocycles. The Balaban J connectivity index is 1.77. The lowest BCUT2D eigenvalue weighted by Gasteiger charge is -2.14. The summed E-state index contributed by atoms with van der Waals surface area (Å²) in [4.78, 5) is 16.6. The molecule has 0 fully saturated rings. The second-order valence-electron chi connectivity index (χ2n) is 5.29. The van der Waals surface area contributed by atoms with E-state index in [1.165, 1.54) is 0 Å². The lowest BCUT2D eigenvalue weighted by molar-refractivity contribution is -0.115. The van der Waals surface area contributed by atoms with Crippen molar-refractivity contribution in [3.63, 3.8) is 0 Å². The van der Waals surface area contributed by atoms with Crippen molar-refractivity contribution in [1.82, 2.24) is 4.98 Å². The standard InChI is InChI=1S/C18H18N2O4S/c1-22-14-6-11(7-15(23-2)18(14)24-3)8-17(21)20-12-4-5-16-13(9-12)19-10-25-16/h4-7,9-10H,8H2,1-3H3,(H,20,21). The van der Waals surface area contributed by atoms with Crippen LogP contribution >= 0.6 is 11.3 Å². The molecule has 0 aliphatic rings. The number of nitrogens with one attached hydrogen (secondary N) is 1. The number of aromatic nitrogens is 1. The maximum atomic E-state index is 12.4. The summed E-state index contributed by atoms with van der Waals surface area (Å²) in [6.07, 6.45) is 0.186. The minimum atomic E-state index is -0.135. The van der Waals surface area contributed by atoms with Crippen LogP contribution in [0.15, 0.2) is 35.8 Å². The summed E-state index contributed by atoms with van der Waals surface area (Å²) in [5.74, 6) is 1.41. The lowest BCUT2D eigenvalue weighted by atomic mass is 10.1. The molecule has 130 valence electrons. The topological polar surface area (TPSA) is 69.7 Å². The Morgan fingerprint density at radius 2 is 1.80 bits per heavy atom. The molecule has 1 amide bonds. The first-order valence-corrected chi connectivity index (χ1v) is 8.44. The van der Waals surface area contributed by atoms with E-state index in [0.717, 1.165) is 21.5 Å². The molecule has 0 aliphatic carbocycles. The van der Waals surface area contributed by atoms with E-state index in [1.807, 2.05) is 18.2 Å². The van der Waals surface area contributed by atoms with Crippen molar-refractivity contribution in [2.24, 2.45) is 0 Å². The van der Waals surface area contributed by atoms with Gasteiger partial charge in [0.2, 0.25) is 11.7 Å². The molecule has 0 saturated heterocycles. The fraction of sp³-hybridized carbons (Fsp3) is 0.222. The van der Waals surface area contributed by atoms with Crippen molar-refractivity contribution in [2.75, 3.05) is 26.6 Å². The number of ether oxygens (including phenoxy) is 3. The van der Waals surface area contributed by atoms with Crippen LogP contribution in [-0.4, -0.2) is 32.2 Å². The summed E-state index contributed by atoms with van der Waals surface area (Å²) in [5, 5.41) is 2.89. The molecule has 1 N–H and O–H groups in total. The first-order valence-electron chi connectivity index (χ1n) is 7.56. The first kappa shape index (κ1) is 17.0. The molecule has 6 nitrogen and oxygen atoms in total. The number of hydrogen-bond acceptors (Lipinski definition) is 6. The van der Waals surface area contributed by atoms with Gasteiger partial charge in [0.1, 0.15) is 0 Å². The van der Waals surface area contributed by atoms with Crippen LogP contribution in [0.1, 0.15) is 5.56 Å². The normalized spacial score (nSPS) is 10.5. The molecule has 1 aromatic heterocycles. The van der Waals surface area contributed by atoms with Gasteiger partial charge >= 0.3 is 0 Å². The van der Waals surface area contributed by atoms with E-state index in [-0.39, 0.29) is 12.3 Å². The number of carbonyl (C=O) groups is 1. The van der Waals surface area contributed by atoms with Crippen LogP contribution in [0.5, 0.6) is 17.2 Å². The third kappa shape index (κ3) is 3.66. The van der Waals surface area contributed by atoms with Gasteiger partial charge in [-0.3, -0.25) is 4.79 Å². The number of nitrogens with zero attached hydrogens (tertiary/aromatic N) is 1. The van der Waals surface area contributed by atoms with Gasteiger partial charge in [-0.15, -0.1) is 11.3 Å². The number of hydrogen-bond donors (Lipinski definition) is 1. The summed E-state index contributed by atoms with van der Waals surface area (Å²) in [5.41, 5.74) is 4.14. The third-order valence-corrected chi connectivity index (χ3v) is 4.51. The molecule has 0 radical (unpaired) electrons. The van der Waals surface area contributed by atoms with Gasteiger partial charge in [-0.1, -0.05) is 0 Å². The highest BCUT2D eigenvalue weighted by atomic mass is 32.1. The van der Waals surface area contributed by atoms with Gasteiger partial charge in [-0.25, -0.2) is 4.98 Å². The van der Waals surface area contributed by atoms with Gasteiger partial charge in [0.25, 0.3) is 0 Å². The molecule has 3 rings (SSSR count). The Labute approximate surface area is 149 Å². The zero-order valence-electron chi connectivity index (χ0n) is 14.2. The fourth-order valence-electron chi connectivity index (χ4n) is 2.56. The minimum absolute atomic E-state index is 0.135. The highest BCUT2D eigenvalue weighted by Gasteiger charge is 2.15. The van der Waals surface area contributed by atoms with Crippen molar-refractivity contribution in [3.05, 3.63) is 41.4 Å². The number of carbonyl (C=O) groups excluding carboxylic acids is 1. The van der Waals surface area contributed by atoms with E-state index in [2.05, 4.69) is 10.3 Å². The highest BCUT2D eigenvalue weighted by molar-refractivity contribution is 7.16. The molecule has 0 unspecified atom stereocenters. The SMILES string of the molecule is COc1cc(CC(=O)Nc2ccc3scnc3c2)cc(OC)c1OC. The van der Waals surface area contributed by atoms with Crippen molar-refractivity contribution in [1.29, 1.82) is 0 Å². The number of anilines is 1. The van der Waals surface area contributed by atoms with E-state index in [4.69, 9.17) is 14.2 Å². The first-order chi connectivity index (χ1) is 12.1. The van der Waals surface area contributed by atoms with E-state index in [9.17, 15) is 4.79 Å². The van der Waals surface area contributed by atoms with E-state index in [0.29, 0.717) is 17.2 Å². The van der Waals surface area contributed by atoms with Crippen LogP contribution in [0.4, 0.5) is 5.69 Å². The van der Waals surface area contributed by atoms with Gasteiger partial charge in [0.05, 0.1) is 43.5 Å². The fourth-order valence-corrected chi connectivity index (χ4v) is 3.22. The highest BCUT2D eigenvalue weighted by Crippen LogP contribution is 2.38. The average molecular weight is 358 g/mol. The molecule has 3 aromatic rings. The van der Waals surface area contributed by atoms with Crippen LogP contribution in [0, 0.1) is 0 Å². The Kier molecular flexibility index (Phi) is 5.04. The van der Waals surface area contributed by atoms with E-state index < -0.39 is 0 Å². The number of methoxy groups -OCH3 is 3.